The monoisotopic (exact) mass is 533 g/mol. The van der Waals surface area contributed by atoms with Crippen LogP contribution in [0.25, 0.3) is 21.8 Å². The van der Waals surface area contributed by atoms with E-state index in [4.69, 9.17) is 9.72 Å². The SMILES string of the molecule is CCOC(=O)C1CCN(Cc2ccc3c(c2)c(=O)n(C2CCC(O)CC2)c2nc(NCC4CC4)ncc32)CC1. The molecule has 2 N–H and O–H groups in total. The Bertz CT molecular complexity index is 1400. The molecule has 0 amide bonds. The number of rotatable bonds is 8. The highest BCUT2D eigenvalue weighted by Crippen LogP contribution is 2.33. The Morgan fingerprint density at radius 1 is 1.05 bits per heavy atom. The highest BCUT2D eigenvalue weighted by Gasteiger charge is 2.28. The fraction of sp³-hybridized carbons (Fsp3) is 0.600. The number of carbonyl (C=O) groups excluding carboxylic acids is 1. The zero-order chi connectivity index (χ0) is 26.9. The molecule has 3 heterocycles. The molecule has 2 aromatic heterocycles. The van der Waals surface area contributed by atoms with Crippen molar-refractivity contribution in [3.8, 4) is 0 Å². The maximum Gasteiger partial charge on any atom is 0.309 e. The fourth-order valence-electron chi connectivity index (χ4n) is 6.22. The average Bonchev–Trinajstić information content (AvgIpc) is 3.78. The summed E-state index contributed by atoms with van der Waals surface area (Å²) >= 11 is 0. The van der Waals surface area contributed by atoms with Gasteiger partial charge in [-0.05, 0) is 94.3 Å². The van der Waals surface area contributed by atoms with Crippen LogP contribution in [0.3, 0.4) is 0 Å². The number of aliphatic hydroxyl groups excluding tert-OH is 1. The third kappa shape index (κ3) is 5.65. The Morgan fingerprint density at radius 3 is 2.54 bits per heavy atom. The number of piperidine rings is 1. The maximum absolute atomic E-state index is 14.1. The summed E-state index contributed by atoms with van der Waals surface area (Å²) in [5, 5.41) is 15.9. The van der Waals surface area contributed by atoms with Gasteiger partial charge in [0.15, 0.2) is 0 Å². The summed E-state index contributed by atoms with van der Waals surface area (Å²) in [5.74, 6) is 1.16. The van der Waals surface area contributed by atoms with Gasteiger partial charge in [-0.2, -0.15) is 4.98 Å². The maximum atomic E-state index is 14.1. The highest BCUT2D eigenvalue weighted by atomic mass is 16.5. The molecule has 3 aliphatic rings. The number of nitrogens with zero attached hydrogens (tertiary/aromatic N) is 4. The average molecular weight is 534 g/mol. The van der Waals surface area contributed by atoms with E-state index in [0.29, 0.717) is 42.3 Å². The molecule has 2 aliphatic carbocycles. The standard InChI is InChI=1S/C30H39N5O4/c1-2-39-29(38)21-11-13-34(14-12-21)18-20-5-10-24-25(15-20)28(37)35(22-6-8-23(36)9-7-22)27-26(24)17-32-30(33-27)31-16-19-3-4-19/h5,10,15,17,19,21-23,36H,2-4,6-9,11-14,16,18H2,1H3,(H,31,32,33). The molecule has 0 unspecified atom stereocenters. The second-order valence-corrected chi connectivity index (χ2v) is 11.6. The van der Waals surface area contributed by atoms with Gasteiger partial charge in [-0.3, -0.25) is 19.1 Å². The molecule has 9 heteroatoms. The second kappa shape index (κ2) is 11.2. The number of hydrogen-bond acceptors (Lipinski definition) is 8. The Kier molecular flexibility index (Phi) is 7.53. The minimum Gasteiger partial charge on any atom is -0.466 e. The van der Waals surface area contributed by atoms with Crippen molar-refractivity contribution in [1.82, 2.24) is 19.4 Å². The molecule has 1 saturated heterocycles. The smallest absolute Gasteiger partial charge is 0.309 e. The molecule has 6 rings (SSSR count). The van der Waals surface area contributed by atoms with E-state index in [-0.39, 0.29) is 29.6 Å². The van der Waals surface area contributed by atoms with Crippen molar-refractivity contribution >= 4 is 33.7 Å². The third-order valence-corrected chi connectivity index (χ3v) is 8.71. The number of hydrogen-bond donors (Lipinski definition) is 2. The first kappa shape index (κ1) is 26.2. The van der Waals surface area contributed by atoms with E-state index >= 15 is 0 Å². The molecule has 0 atom stereocenters. The fourth-order valence-corrected chi connectivity index (χ4v) is 6.22. The van der Waals surface area contributed by atoms with Crippen molar-refractivity contribution in [2.75, 3.05) is 31.6 Å². The number of likely N-dealkylation sites (tertiary alicyclic amines) is 1. The number of esters is 1. The minimum atomic E-state index is -0.298. The van der Waals surface area contributed by atoms with Crippen molar-refractivity contribution in [3.05, 3.63) is 40.3 Å². The van der Waals surface area contributed by atoms with Crippen molar-refractivity contribution in [2.24, 2.45) is 11.8 Å². The molecular weight excluding hydrogens is 494 g/mol. The van der Waals surface area contributed by atoms with Gasteiger partial charge in [0.25, 0.3) is 5.56 Å². The van der Waals surface area contributed by atoms with Crippen LogP contribution in [0.2, 0.25) is 0 Å². The summed E-state index contributed by atoms with van der Waals surface area (Å²) in [6.45, 7) is 5.53. The number of ether oxygens (including phenoxy) is 1. The van der Waals surface area contributed by atoms with E-state index in [2.05, 4.69) is 21.3 Å². The van der Waals surface area contributed by atoms with Crippen LogP contribution < -0.4 is 10.9 Å². The first-order chi connectivity index (χ1) is 19.0. The van der Waals surface area contributed by atoms with Crippen LogP contribution in [0, 0.1) is 11.8 Å². The van der Waals surface area contributed by atoms with E-state index < -0.39 is 0 Å². The summed E-state index contributed by atoms with van der Waals surface area (Å²) in [4.78, 5) is 38.0. The van der Waals surface area contributed by atoms with Gasteiger partial charge >= 0.3 is 5.97 Å². The summed E-state index contributed by atoms with van der Waals surface area (Å²) in [6.07, 6.45) is 8.53. The quantitative estimate of drug-likeness (QED) is 0.330. The van der Waals surface area contributed by atoms with Gasteiger partial charge in [-0.15, -0.1) is 0 Å². The third-order valence-electron chi connectivity index (χ3n) is 8.71. The number of carbonyl (C=O) groups is 1. The number of nitrogens with one attached hydrogen (secondary N) is 1. The molecule has 9 nitrogen and oxygen atoms in total. The highest BCUT2D eigenvalue weighted by molar-refractivity contribution is 6.04. The molecule has 0 spiro atoms. The van der Waals surface area contributed by atoms with Crippen LogP contribution >= 0.6 is 0 Å². The number of benzene rings is 1. The summed E-state index contributed by atoms with van der Waals surface area (Å²) in [5.41, 5.74) is 1.74. The molecule has 2 saturated carbocycles. The van der Waals surface area contributed by atoms with Crippen LogP contribution in [0.5, 0.6) is 0 Å². The van der Waals surface area contributed by atoms with E-state index in [9.17, 15) is 14.7 Å². The van der Waals surface area contributed by atoms with Gasteiger partial charge in [-0.25, -0.2) is 4.98 Å². The lowest BCUT2D eigenvalue weighted by molar-refractivity contribution is -0.149. The van der Waals surface area contributed by atoms with Gasteiger partial charge < -0.3 is 15.2 Å². The number of aliphatic hydroxyl groups is 1. The van der Waals surface area contributed by atoms with Gasteiger partial charge in [0.2, 0.25) is 5.95 Å². The van der Waals surface area contributed by atoms with E-state index in [0.717, 1.165) is 68.2 Å². The lowest BCUT2D eigenvalue weighted by Crippen LogP contribution is -2.36. The first-order valence-corrected chi connectivity index (χ1v) is 14.6. The number of anilines is 1. The van der Waals surface area contributed by atoms with Crippen molar-refractivity contribution in [2.45, 2.75) is 77.0 Å². The Balaban J connectivity index is 1.31. The Labute approximate surface area is 228 Å². The zero-order valence-electron chi connectivity index (χ0n) is 22.8. The van der Waals surface area contributed by atoms with Crippen molar-refractivity contribution in [1.29, 1.82) is 0 Å². The summed E-state index contributed by atoms with van der Waals surface area (Å²) < 4.78 is 7.09. The van der Waals surface area contributed by atoms with Gasteiger partial charge in [0, 0.05) is 36.1 Å². The number of pyridine rings is 1. The Morgan fingerprint density at radius 2 is 1.82 bits per heavy atom. The lowest BCUT2D eigenvalue weighted by Gasteiger charge is -2.31. The molecule has 39 heavy (non-hydrogen) atoms. The molecule has 3 aromatic rings. The van der Waals surface area contributed by atoms with E-state index in [1.165, 1.54) is 12.8 Å². The van der Waals surface area contributed by atoms with Crippen molar-refractivity contribution in [3.63, 3.8) is 0 Å². The van der Waals surface area contributed by atoms with Crippen LogP contribution in [0.4, 0.5) is 5.95 Å². The van der Waals surface area contributed by atoms with Crippen molar-refractivity contribution < 1.29 is 14.6 Å². The molecule has 1 aliphatic heterocycles. The molecule has 208 valence electrons. The number of aromatic nitrogens is 3. The zero-order valence-corrected chi connectivity index (χ0v) is 22.8. The Hall–Kier alpha value is -3.04. The predicted molar refractivity (Wildman–Crippen MR) is 151 cm³/mol. The topological polar surface area (TPSA) is 110 Å². The molecule has 1 aromatic carbocycles. The van der Waals surface area contributed by atoms with E-state index in [1.807, 2.05) is 29.8 Å². The molecule has 0 bridgehead atoms. The van der Waals surface area contributed by atoms with Gasteiger partial charge in [0.05, 0.1) is 18.6 Å². The largest absolute Gasteiger partial charge is 0.466 e. The minimum absolute atomic E-state index is 0.00421. The summed E-state index contributed by atoms with van der Waals surface area (Å²) in [6, 6.07) is 6.17. The first-order valence-electron chi connectivity index (χ1n) is 14.6. The van der Waals surface area contributed by atoms with Crippen LogP contribution in [0.15, 0.2) is 29.2 Å². The molecule has 0 radical (unpaired) electrons. The molecular formula is C30H39N5O4. The van der Waals surface area contributed by atoms with Gasteiger partial charge in [0.1, 0.15) is 5.65 Å². The second-order valence-electron chi connectivity index (χ2n) is 11.6. The van der Waals surface area contributed by atoms with E-state index in [1.54, 1.807) is 0 Å². The summed E-state index contributed by atoms with van der Waals surface area (Å²) in [7, 11) is 0. The predicted octanol–water partition coefficient (Wildman–Crippen LogP) is 4.02. The lowest BCUT2D eigenvalue weighted by atomic mass is 9.92. The van der Waals surface area contributed by atoms with Crippen LogP contribution in [-0.2, 0) is 16.1 Å². The van der Waals surface area contributed by atoms with Gasteiger partial charge in [-0.1, -0.05) is 12.1 Å². The van der Waals surface area contributed by atoms with Crippen LogP contribution in [-0.4, -0.2) is 62.9 Å². The van der Waals surface area contributed by atoms with Crippen LogP contribution in [0.1, 0.15) is 69.9 Å². The normalized spacial score (nSPS) is 22.8. The molecule has 3 fully saturated rings. The number of fused-ring (bicyclic) bond motifs is 3.